The fourth-order valence-electron chi connectivity index (χ4n) is 3.63. The molecule has 2 fully saturated rings. The van der Waals surface area contributed by atoms with Crippen LogP contribution in [0.2, 0.25) is 0 Å². The van der Waals surface area contributed by atoms with E-state index in [9.17, 15) is 0 Å². The number of rotatable bonds is 3. The van der Waals surface area contributed by atoms with Gasteiger partial charge >= 0.3 is 0 Å². The molecule has 1 saturated heterocycles. The summed E-state index contributed by atoms with van der Waals surface area (Å²) in [5.74, 6) is 1.81. The third kappa shape index (κ3) is 2.58. The number of methoxy groups -OCH3 is 1. The minimum atomic E-state index is 0.241. The molecule has 1 aliphatic heterocycles. The molecule has 0 spiro atoms. The van der Waals surface area contributed by atoms with Gasteiger partial charge in [0, 0.05) is 11.6 Å². The summed E-state index contributed by atoms with van der Waals surface area (Å²) >= 11 is 0. The first-order valence-corrected chi connectivity index (χ1v) is 7.95. The van der Waals surface area contributed by atoms with Crippen molar-refractivity contribution in [2.24, 2.45) is 0 Å². The molecule has 1 atom stereocenters. The minimum absolute atomic E-state index is 0.241. The first-order chi connectivity index (χ1) is 9.50. The summed E-state index contributed by atoms with van der Waals surface area (Å²) in [6.45, 7) is 8.22. The molecule has 0 radical (unpaired) electrons. The Balaban J connectivity index is 1.99. The van der Waals surface area contributed by atoms with Gasteiger partial charge < -0.3 is 4.74 Å². The monoisotopic (exact) mass is 273 g/mol. The quantitative estimate of drug-likeness (QED) is 0.803. The zero-order valence-electron chi connectivity index (χ0n) is 13.3. The highest BCUT2D eigenvalue weighted by atomic mass is 16.5. The lowest BCUT2D eigenvalue weighted by Gasteiger charge is -2.38. The fraction of sp³-hybridized carbons (Fsp3) is 0.667. The van der Waals surface area contributed by atoms with Crippen molar-refractivity contribution in [2.75, 3.05) is 13.7 Å². The number of hydrogen-bond acceptors (Lipinski definition) is 2. The van der Waals surface area contributed by atoms with Crippen LogP contribution < -0.4 is 4.74 Å². The lowest BCUT2D eigenvalue weighted by Crippen LogP contribution is -2.40. The molecule has 0 aromatic heterocycles. The van der Waals surface area contributed by atoms with E-state index in [0.717, 1.165) is 11.7 Å². The Morgan fingerprint density at radius 3 is 2.45 bits per heavy atom. The van der Waals surface area contributed by atoms with Gasteiger partial charge in [0.15, 0.2) is 0 Å². The van der Waals surface area contributed by atoms with Gasteiger partial charge in [0.05, 0.1) is 7.11 Å². The van der Waals surface area contributed by atoms with Gasteiger partial charge in [-0.1, -0.05) is 6.07 Å². The van der Waals surface area contributed by atoms with Crippen LogP contribution in [-0.4, -0.2) is 24.1 Å². The lowest BCUT2D eigenvalue weighted by molar-refractivity contribution is 0.121. The molecule has 2 nitrogen and oxygen atoms in total. The van der Waals surface area contributed by atoms with E-state index >= 15 is 0 Å². The molecule has 0 N–H and O–H groups in total. The fourth-order valence-corrected chi connectivity index (χ4v) is 3.63. The van der Waals surface area contributed by atoms with Gasteiger partial charge in [-0.3, -0.25) is 4.90 Å². The van der Waals surface area contributed by atoms with Crippen molar-refractivity contribution in [1.29, 1.82) is 0 Å². The van der Waals surface area contributed by atoms with Crippen LogP contribution in [0, 0.1) is 0 Å². The van der Waals surface area contributed by atoms with Gasteiger partial charge in [0.25, 0.3) is 0 Å². The first kappa shape index (κ1) is 13.9. The normalized spacial score (nSPS) is 24.1. The summed E-state index contributed by atoms with van der Waals surface area (Å²) in [5, 5.41) is 0. The van der Waals surface area contributed by atoms with E-state index in [1.807, 2.05) is 0 Å². The molecule has 3 rings (SSSR count). The predicted molar refractivity (Wildman–Crippen MR) is 83.4 cm³/mol. The van der Waals surface area contributed by atoms with Gasteiger partial charge in [-0.15, -0.1) is 0 Å². The van der Waals surface area contributed by atoms with E-state index in [0.29, 0.717) is 6.04 Å². The second-order valence-electron chi connectivity index (χ2n) is 7.29. The van der Waals surface area contributed by atoms with Crippen LogP contribution >= 0.6 is 0 Å². The predicted octanol–water partition coefficient (Wildman–Crippen LogP) is 4.51. The van der Waals surface area contributed by atoms with Gasteiger partial charge in [-0.05, 0) is 82.2 Å². The minimum Gasteiger partial charge on any atom is -0.497 e. The number of nitrogens with zero attached hydrogens (tertiary/aromatic N) is 1. The van der Waals surface area contributed by atoms with Crippen LogP contribution in [0.1, 0.15) is 69.5 Å². The third-order valence-corrected chi connectivity index (χ3v) is 4.78. The second kappa shape index (κ2) is 5.07. The van der Waals surface area contributed by atoms with Gasteiger partial charge in [-0.2, -0.15) is 0 Å². The van der Waals surface area contributed by atoms with Crippen LogP contribution in [0.15, 0.2) is 18.2 Å². The van der Waals surface area contributed by atoms with Crippen LogP contribution in [0.25, 0.3) is 0 Å². The van der Waals surface area contributed by atoms with Crippen LogP contribution in [0.4, 0.5) is 0 Å². The third-order valence-electron chi connectivity index (χ3n) is 4.78. The maximum atomic E-state index is 5.47. The van der Waals surface area contributed by atoms with Crippen molar-refractivity contribution in [3.05, 3.63) is 29.3 Å². The van der Waals surface area contributed by atoms with Crippen molar-refractivity contribution in [3.8, 4) is 5.75 Å². The molecule has 1 saturated carbocycles. The lowest BCUT2D eigenvalue weighted by atomic mass is 9.93. The first-order valence-electron chi connectivity index (χ1n) is 7.95. The average molecular weight is 273 g/mol. The molecule has 2 heteroatoms. The second-order valence-corrected chi connectivity index (χ2v) is 7.29. The molecule has 20 heavy (non-hydrogen) atoms. The Hall–Kier alpha value is -1.02. The average Bonchev–Trinajstić information content (AvgIpc) is 3.12. The summed E-state index contributed by atoms with van der Waals surface area (Å²) in [4.78, 5) is 2.67. The van der Waals surface area contributed by atoms with E-state index in [1.165, 1.54) is 37.8 Å². The van der Waals surface area contributed by atoms with E-state index in [2.05, 4.69) is 43.9 Å². The molecule has 0 amide bonds. The SMILES string of the molecule is COc1ccc(C2CC2)c(C2CCCN2C(C)(C)C)c1. The number of benzene rings is 1. The van der Waals surface area contributed by atoms with Gasteiger partial charge in [0.1, 0.15) is 5.75 Å². The molecule has 1 aliphatic carbocycles. The molecule has 1 aromatic rings. The largest absolute Gasteiger partial charge is 0.497 e. The number of likely N-dealkylation sites (tertiary alicyclic amines) is 1. The van der Waals surface area contributed by atoms with Crippen molar-refractivity contribution < 1.29 is 4.74 Å². The molecular formula is C18H27NO. The Labute approximate surface area is 123 Å². The molecule has 1 unspecified atom stereocenters. The number of ether oxygens (including phenoxy) is 1. The summed E-state index contributed by atoms with van der Waals surface area (Å²) in [5.41, 5.74) is 3.34. The summed E-state index contributed by atoms with van der Waals surface area (Å²) in [7, 11) is 1.77. The van der Waals surface area contributed by atoms with E-state index in [4.69, 9.17) is 4.74 Å². The van der Waals surface area contributed by atoms with E-state index in [-0.39, 0.29) is 5.54 Å². The Bertz CT molecular complexity index is 485. The summed E-state index contributed by atoms with van der Waals surface area (Å²) < 4.78 is 5.47. The molecule has 0 bridgehead atoms. The van der Waals surface area contributed by atoms with Gasteiger partial charge in [0.2, 0.25) is 0 Å². The van der Waals surface area contributed by atoms with Crippen molar-refractivity contribution >= 4 is 0 Å². The highest BCUT2D eigenvalue weighted by Gasteiger charge is 2.37. The smallest absolute Gasteiger partial charge is 0.119 e. The van der Waals surface area contributed by atoms with Crippen molar-refractivity contribution in [1.82, 2.24) is 4.90 Å². The van der Waals surface area contributed by atoms with Crippen LogP contribution in [-0.2, 0) is 0 Å². The maximum absolute atomic E-state index is 5.47. The Morgan fingerprint density at radius 2 is 1.85 bits per heavy atom. The Morgan fingerprint density at radius 1 is 1.10 bits per heavy atom. The molecule has 2 aliphatic rings. The topological polar surface area (TPSA) is 12.5 Å². The van der Waals surface area contributed by atoms with Gasteiger partial charge in [-0.25, -0.2) is 0 Å². The summed E-state index contributed by atoms with van der Waals surface area (Å²) in [6.07, 6.45) is 5.32. The van der Waals surface area contributed by atoms with Crippen molar-refractivity contribution in [3.63, 3.8) is 0 Å². The highest BCUT2D eigenvalue weighted by Crippen LogP contribution is 2.47. The summed E-state index contributed by atoms with van der Waals surface area (Å²) in [6, 6.07) is 7.31. The zero-order chi connectivity index (χ0) is 14.3. The molecular weight excluding hydrogens is 246 g/mol. The molecule has 110 valence electrons. The molecule has 1 heterocycles. The van der Waals surface area contributed by atoms with E-state index < -0.39 is 0 Å². The number of hydrogen-bond donors (Lipinski definition) is 0. The van der Waals surface area contributed by atoms with E-state index in [1.54, 1.807) is 12.7 Å². The maximum Gasteiger partial charge on any atom is 0.119 e. The zero-order valence-corrected chi connectivity index (χ0v) is 13.3. The highest BCUT2D eigenvalue weighted by molar-refractivity contribution is 5.42. The van der Waals surface area contributed by atoms with Crippen LogP contribution in [0.5, 0.6) is 5.75 Å². The molecule has 1 aromatic carbocycles. The van der Waals surface area contributed by atoms with Crippen molar-refractivity contribution in [2.45, 2.75) is 64.0 Å². The van der Waals surface area contributed by atoms with Crippen LogP contribution in [0.3, 0.4) is 0 Å². The standard InChI is InChI=1S/C18H27NO/c1-18(2,3)19-11-5-6-17(19)16-12-14(20-4)9-10-15(16)13-7-8-13/h9-10,12-13,17H,5-8,11H2,1-4H3. The Kier molecular flexibility index (Phi) is 3.53.